The summed E-state index contributed by atoms with van der Waals surface area (Å²) < 4.78 is 0. The van der Waals surface area contributed by atoms with E-state index in [0.717, 1.165) is 19.1 Å². The number of nitrogens with one attached hydrogen (secondary N) is 1. The fourth-order valence-corrected chi connectivity index (χ4v) is 2.79. The molecule has 1 saturated heterocycles. The van der Waals surface area contributed by atoms with Crippen molar-refractivity contribution in [2.45, 2.75) is 45.2 Å². The highest BCUT2D eigenvalue weighted by Crippen LogP contribution is 2.15. The van der Waals surface area contributed by atoms with Gasteiger partial charge in [-0.25, -0.2) is 0 Å². The Balaban J connectivity index is 2.41. The van der Waals surface area contributed by atoms with Crippen molar-refractivity contribution in [3.63, 3.8) is 0 Å². The monoisotopic (exact) mass is 227 g/mol. The number of likely N-dealkylation sites (tertiary alicyclic amines) is 1. The first-order chi connectivity index (χ1) is 7.44. The van der Waals surface area contributed by atoms with Crippen molar-refractivity contribution in [3.8, 4) is 0 Å². The van der Waals surface area contributed by atoms with Gasteiger partial charge in [0.15, 0.2) is 0 Å². The quantitative estimate of drug-likeness (QED) is 0.766. The van der Waals surface area contributed by atoms with Gasteiger partial charge < -0.3 is 15.1 Å². The molecule has 0 aromatic carbocycles. The lowest BCUT2D eigenvalue weighted by Crippen LogP contribution is -2.53. The molecule has 1 aliphatic rings. The summed E-state index contributed by atoms with van der Waals surface area (Å²) in [5, 5.41) is 3.55. The molecule has 0 spiro atoms. The molecule has 1 N–H and O–H groups in total. The number of hydrogen-bond acceptors (Lipinski definition) is 3. The Kier molecular flexibility index (Phi) is 5.22. The molecule has 1 unspecified atom stereocenters. The maximum absolute atomic E-state index is 3.55. The molecule has 16 heavy (non-hydrogen) atoms. The SMILES string of the molecule is CCNC(C)(C)CN(C)C1CCCN(C)C1. The van der Waals surface area contributed by atoms with Crippen LogP contribution in [0.2, 0.25) is 0 Å². The van der Waals surface area contributed by atoms with Gasteiger partial charge in [-0.3, -0.25) is 0 Å². The first-order valence-corrected chi connectivity index (χ1v) is 6.58. The summed E-state index contributed by atoms with van der Waals surface area (Å²) in [7, 11) is 4.50. The van der Waals surface area contributed by atoms with E-state index in [-0.39, 0.29) is 5.54 Å². The molecule has 3 nitrogen and oxygen atoms in total. The minimum atomic E-state index is 0.222. The molecular weight excluding hydrogens is 198 g/mol. The molecule has 1 aliphatic heterocycles. The Morgan fingerprint density at radius 1 is 1.44 bits per heavy atom. The highest BCUT2D eigenvalue weighted by molar-refractivity contribution is 4.85. The molecule has 0 aromatic heterocycles. The van der Waals surface area contributed by atoms with Crippen LogP contribution >= 0.6 is 0 Å². The second kappa shape index (κ2) is 5.99. The maximum atomic E-state index is 3.55. The van der Waals surface area contributed by atoms with E-state index in [1.54, 1.807) is 0 Å². The first-order valence-electron chi connectivity index (χ1n) is 6.58. The normalized spacial score (nSPS) is 24.0. The van der Waals surface area contributed by atoms with Crippen molar-refractivity contribution in [2.75, 3.05) is 40.3 Å². The summed E-state index contributed by atoms with van der Waals surface area (Å²) in [6.07, 6.45) is 2.69. The molecular formula is C13H29N3. The average molecular weight is 227 g/mol. The zero-order valence-corrected chi connectivity index (χ0v) is 11.7. The van der Waals surface area contributed by atoms with E-state index in [4.69, 9.17) is 0 Å². The van der Waals surface area contributed by atoms with Gasteiger partial charge in [0.05, 0.1) is 0 Å². The molecule has 1 fully saturated rings. The van der Waals surface area contributed by atoms with Gasteiger partial charge in [-0.1, -0.05) is 6.92 Å². The summed E-state index contributed by atoms with van der Waals surface area (Å²) >= 11 is 0. The topological polar surface area (TPSA) is 18.5 Å². The van der Waals surface area contributed by atoms with Crippen LogP contribution in [0.15, 0.2) is 0 Å². The van der Waals surface area contributed by atoms with Gasteiger partial charge in [-0.2, -0.15) is 0 Å². The molecule has 1 atom stereocenters. The summed E-state index contributed by atoms with van der Waals surface area (Å²) in [6.45, 7) is 11.4. The van der Waals surface area contributed by atoms with Gasteiger partial charge >= 0.3 is 0 Å². The van der Waals surface area contributed by atoms with E-state index in [9.17, 15) is 0 Å². The van der Waals surface area contributed by atoms with Crippen LogP contribution in [0.25, 0.3) is 0 Å². The molecule has 0 aliphatic carbocycles. The third kappa shape index (κ3) is 4.40. The molecule has 0 aromatic rings. The molecule has 0 amide bonds. The Morgan fingerprint density at radius 3 is 2.69 bits per heavy atom. The lowest BCUT2D eigenvalue weighted by molar-refractivity contribution is 0.111. The number of rotatable bonds is 5. The van der Waals surface area contributed by atoms with Crippen molar-refractivity contribution in [3.05, 3.63) is 0 Å². The third-order valence-electron chi connectivity index (χ3n) is 3.52. The predicted molar refractivity (Wildman–Crippen MR) is 70.9 cm³/mol. The molecule has 96 valence electrons. The predicted octanol–water partition coefficient (Wildman–Crippen LogP) is 1.40. The molecule has 1 heterocycles. The number of nitrogens with zero attached hydrogens (tertiary/aromatic N) is 2. The number of piperidine rings is 1. The largest absolute Gasteiger partial charge is 0.311 e. The summed E-state index contributed by atoms with van der Waals surface area (Å²) in [4.78, 5) is 4.98. The van der Waals surface area contributed by atoms with Gasteiger partial charge in [0, 0.05) is 24.7 Å². The lowest BCUT2D eigenvalue weighted by Gasteiger charge is -2.40. The van der Waals surface area contributed by atoms with Crippen LogP contribution in [0.1, 0.15) is 33.6 Å². The van der Waals surface area contributed by atoms with Crippen molar-refractivity contribution in [2.24, 2.45) is 0 Å². The highest BCUT2D eigenvalue weighted by Gasteiger charge is 2.25. The van der Waals surface area contributed by atoms with Gasteiger partial charge in [0.1, 0.15) is 0 Å². The Bertz CT molecular complexity index is 203. The van der Waals surface area contributed by atoms with Crippen molar-refractivity contribution < 1.29 is 0 Å². The Hall–Kier alpha value is -0.120. The second-order valence-corrected chi connectivity index (χ2v) is 5.89. The Labute approximate surface area is 101 Å². The van der Waals surface area contributed by atoms with Crippen LogP contribution in [0.3, 0.4) is 0 Å². The van der Waals surface area contributed by atoms with Gasteiger partial charge in [0.2, 0.25) is 0 Å². The summed E-state index contributed by atoms with van der Waals surface area (Å²) in [6, 6.07) is 0.733. The van der Waals surface area contributed by atoms with Gasteiger partial charge in [-0.15, -0.1) is 0 Å². The van der Waals surface area contributed by atoms with E-state index >= 15 is 0 Å². The number of hydrogen-bond donors (Lipinski definition) is 1. The average Bonchev–Trinajstić information content (AvgIpc) is 2.16. The first kappa shape index (κ1) is 13.9. The lowest BCUT2D eigenvalue weighted by atomic mass is 10.0. The fourth-order valence-electron chi connectivity index (χ4n) is 2.79. The highest BCUT2D eigenvalue weighted by atomic mass is 15.2. The zero-order chi connectivity index (χ0) is 12.2. The molecule has 0 saturated carbocycles. The van der Waals surface area contributed by atoms with E-state index in [1.807, 2.05) is 0 Å². The molecule has 0 radical (unpaired) electrons. The molecule has 3 heteroatoms. The van der Waals surface area contributed by atoms with E-state index in [1.165, 1.54) is 25.9 Å². The second-order valence-electron chi connectivity index (χ2n) is 5.89. The van der Waals surface area contributed by atoms with Crippen LogP contribution in [-0.4, -0.2) is 61.7 Å². The van der Waals surface area contributed by atoms with Crippen LogP contribution in [0.4, 0.5) is 0 Å². The van der Waals surface area contributed by atoms with E-state index < -0.39 is 0 Å². The van der Waals surface area contributed by atoms with Gasteiger partial charge in [0.25, 0.3) is 0 Å². The fraction of sp³-hybridized carbons (Fsp3) is 1.00. The molecule has 0 bridgehead atoms. The van der Waals surface area contributed by atoms with Crippen molar-refractivity contribution in [1.82, 2.24) is 15.1 Å². The van der Waals surface area contributed by atoms with E-state index in [2.05, 4.69) is 50.0 Å². The van der Waals surface area contributed by atoms with Crippen LogP contribution < -0.4 is 5.32 Å². The van der Waals surface area contributed by atoms with Crippen molar-refractivity contribution >= 4 is 0 Å². The van der Waals surface area contributed by atoms with Gasteiger partial charge in [-0.05, 0) is 53.9 Å². The summed E-state index contributed by atoms with van der Waals surface area (Å²) in [5.41, 5.74) is 0.222. The summed E-state index contributed by atoms with van der Waals surface area (Å²) in [5.74, 6) is 0. The van der Waals surface area contributed by atoms with Crippen LogP contribution in [0, 0.1) is 0 Å². The van der Waals surface area contributed by atoms with Crippen molar-refractivity contribution in [1.29, 1.82) is 0 Å². The zero-order valence-electron chi connectivity index (χ0n) is 11.7. The standard InChI is InChI=1S/C13H29N3/c1-6-14-13(2,3)11-16(5)12-8-7-9-15(4)10-12/h12,14H,6-11H2,1-5H3. The molecule has 1 rings (SSSR count). The smallest absolute Gasteiger partial charge is 0.0252 e. The third-order valence-corrected chi connectivity index (χ3v) is 3.52. The van der Waals surface area contributed by atoms with E-state index in [0.29, 0.717) is 0 Å². The van der Waals surface area contributed by atoms with Crippen LogP contribution in [-0.2, 0) is 0 Å². The Morgan fingerprint density at radius 2 is 2.12 bits per heavy atom. The van der Waals surface area contributed by atoms with Crippen LogP contribution in [0.5, 0.6) is 0 Å². The number of likely N-dealkylation sites (N-methyl/N-ethyl adjacent to an activating group) is 3. The minimum absolute atomic E-state index is 0.222. The minimum Gasteiger partial charge on any atom is -0.311 e. The maximum Gasteiger partial charge on any atom is 0.0252 e.